The van der Waals surface area contributed by atoms with Crippen LogP contribution in [0.25, 0.3) is 0 Å². The summed E-state index contributed by atoms with van der Waals surface area (Å²) in [6.07, 6.45) is -0.867. The minimum absolute atomic E-state index is 0.373. The standard InChI is InChI=1S/C17H22F3N5O/c1-12(26)9-14-11-25(23-22-14)10-13-5-7-24(8-6-13)16-4-2-3-15(21-16)17(18,19)20/h2-4,11-13,26H,5-10H2,1H3/t12-/m1/s1. The first-order valence-electron chi connectivity index (χ1n) is 8.67. The lowest BCUT2D eigenvalue weighted by Gasteiger charge is -2.32. The number of nitrogens with zero attached hydrogens (tertiary/aromatic N) is 5. The van der Waals surface area contributed by atoms with Crippen LogP contribution in [0.3, 0.4) is 0 Å². The second-order valence-electron chi connectivity index (χ2n) is 6.79. The number of halogens is 3. The van der Waals surface area contributed by atoms with Crippen LogP contribution in [0.5, 0.6) is 0 Å². The largest absolute Gasteiger partial charge is 0.433 e. The van der Waals surface area contributed by atoms with Crippen LogP contribution in [0.2, 0.25) is 0 Å². The van der Waals surface area contributed by atoms with Crippen LogP contribution in [0.15, 0.2) is 24.4 Å². The maximum atomic E-state index is 12.8. The normalized spacial score (nSPS) is 17.5. The maximum absolute atomic E-state index is 12.8. The molecule has 6 nitrogen and oxygen atoms in total. The number of rotatable bonds is 5. The molecule has 0 amide bonds. The summed E-state index contributed by atoms with van der Waals surface area (Å²) in [5, 5.41) is 17.5. The number of aliphatic hydroxyl groups excluding tert-OH is 1. The summed E-state index contributed by atoms with van der Waals surface area (Å²) in [6, 6.07) is 4.01. The van der Waals surface area contributed by atoms with Crippen molar-refractivity contribution in [3.8, 4) is 0 Å². The Balaban J connectivity index is 1.55. The van der Waals surface area contributed by atoms with Crippen molar-refractivity contribution in [3.63, 3.8) is 0 Å². The van der Waals surface area contributed by atoms with E-state index in [1.165, 1.54) is 6.07 Å². The zero-order chi connectivity index (χ0) is 18.7. The van der Waals surface area contributed by atoms with Crippen molar-refractivity contribution in [2.24, 2.45) is 5.92 Å². The fraction of sp³-hybridized carbons (Fsp3) is 0.588. The molecule has 0 saturated carbocycles. The van der Waals surface area contributed by atoms with Gasteiger partial charge in [-0.25, -0.2) is 4.98 Å². The predicted octanol–water partition coefficient (Wildman–Crippen LogP) is 2.53. The topological polar surface area (TPSA) is 67.1 Å². The molecule has 0 aromatic carbocycles. The van der Waals surface area contributed by atoms with E-state index >= 15 is 0 Å². The van der Waals surface area contributed by atoms with Gasteiger partial charge in [0.25, 0.3) is 0 Å². The van der Waals surface area contributed by atoms with Gasteiger partial charge in [0.1, 0.15) is 11.5 Å². The Hall–Kier alpha value is -2.16. The molecule has 0 bridgehead atoms. The molecule has 0 unspecified atom stereocenters. The van der Waals surface area contributed by atoms with E-state index in [9.17, 15) is 18.3 Å². The van der Waals surface area contributed by atoms with Crippen LogP contribution in [0.4, 0.5) is 19.0 Å². The number of pyridine rings is 1. The van der Waals surface area contributed by atoms with Gasteiger partial charge in [-0.05, 0) is 37.8 Å². The summed E-state index contributed by atoms with van der Waals surface area (Å²) in [5.74, 6) is 0.761. The van der Waals surface area contributed by atoms with Crippen molar-refractivity contribution in [2.45, 2.75) is 45.0 Å². The molecular formula is C17H22F3N5O. The van der Waals surface area contributed by atoms with Gasteiger partial charge < -0.3 is 10.0 Å². The van der Waals surface area contributed by atoms with Crippen LogP contribution in [-0.4, -0.2) is 44.3 Å². The molecule has 3 heterocycles. The second kappa shape index (κ2) is 7.61. The fourth-order valence-corrected chi connectivity index (χ4v) is 3.19. The average Bonchev–Trinajstić information content (AvgIpc) is 3.01. The quantitative estimate of drug-likeness (QED) is 0.877. The highest BCUT2D eigenvalue weighted by Crippen LogP contribution is 2.30. The van der Waals surface area contributed by atoms with Gasteiger partial charge in [0.05, 0.1) is 11.8 Å². The van der Waals surface area contributed by atoms with Gasteiger partial charge in [-0.1, -0.05) is 11.3 Å². The zero-order valence-electron chi connectivity index (χ0n) is 14.5. The Morgan fingerprint density at radius 1 is 1.27 bits per heavy atom. The molecule has 1 aliphatic rings. The molecule has 1 N–H and O–H groups in total. The summed E-state index contributed by atoms with van der Waals surface area (Å²) < 4.78 is 40.2. The van der Waals surface area contributed by atoms with E-state index in [1.54, 1.807) is 17.7 Å². The molecule has 0 radical (unpaired) electrons. The summed E-state index contributed by atoms with van der Waals surface area (Å²) in [7, 11) is 0. The Morgan fingerprint density at radius 2 is 2.00 bits per heavy atom. The number of anilines is 1. The van der Waals surface area contributed by atoms with Gasteiger partial charge in [0.2, 0.25) is 0 Å². The van der Waals surface area contributed by atoms with E-state index in [-0.39, 0.29) is 0 Å². The number of hydrogen-bond donors (Lipinski definition) is 1. The smallest absolute Gasteiger partial charge is 0.393 e. The number of hydrogen-bond acceptors (Lipinski definition) is 5. The third-order valence-electron chi connectivity index (χ3n) is 4.50. The van der Waals surface area contributed by atoms with Crippen molar-refractivity contribution in [2.75, 3.05) is 18.0 Å². The van der Waals surface area contributed by atoms with Gasteiger partial charge in [0, 0.05) is 32.3 Å². The summed E-state index contributed by atoms with van der Waals surface area (Å²) >= 11 is 0. The molecule has 1 fully saturated rings. The van der Waals surface area contributed by atoms with E-state index in [0.29, 0.717) is 31.2 Å². The highest BCUT2D eigenvalue weighted by molar-refractivity contribution is 5.40. The van der Waals surface area contributed by atoms with Crippen LogP contribution in [0.1, 0.15) is 31.2 Å². The molecule has 0 aliphatic carbocycles. The first-order chi connectivity index (χ1) is 12.3. The van der Waals surface area contributed by atoms with E-state index in [2.05, 4.69) is 15.3 Å². The molecule has 142 valence electrons. The van der Waals surface area contributed by atoms with Gasteiger partial charge in [-0.15, -0.1) is 5.10 Å². The molecule has 1 atom stereocenters. The molecule has 2 aromatic rings. The van der Waals surface area contributed by atoms with Crippen molar-refractivity contribution in [3.05, 3.63) is 35.8 Å². The number of alkyl halides is 3. The van der Waals surface area contributed by atoms with Crippen LogP contribution >= 0.6 is 0 Å². The lowest BCUT2D eigenvalue weighted by atomic mass is 9.97. The Morgan fingerprint density at radius 3 is 2.65 bits per heavy atom. The van der Waals surface area contributed by atoms with Gasteiger partial charge >= 0.3 is 6.18 Å². The summed E-state index contributed by atoms with van der Waals surface area (Å²) in [4.78, 5) is 5.65. The van der Waals surface area contributed by atoms with Gasteiger partial charge in [-0.2, -0.15) is 13.2 Å². The third kappa shape index (κ3) is 4.72. The maximum Gasteiger partial charge on any atom is 0.433 e. The molecule has 1 aliphatic heterocycles. The highest BCUT2D eigenvalue weighted by Gasteiger charge is 2.33. The Bertz CT molecular complexity index is 723. The van der Waals surface area contributed by atoms with Crippen molar-refractivity contribution < 1.29 is 18.3 Å². The van der Waals surface area contributed by atoms with E-state index in [4.69, 9.17) is 0 Å². The lowest BCUT2D eigenvalue weighted by Crippen LogP contribution is -2.35. The number of aliphatic hydroxyl groups is 1. The molecule has 0 spiro atoms. The van der Waals surface area contributed by atoms with Crippen LogP contribution < -0.4 is 4.90 Å². The molecule has 3 rings (SSSR count). The average molecular weight is 369 g/mol. The van der Waals surface area contributed by atoms with E-state index in [0.717, 1.165) is 31.1 Å². The molecular weight excluding hydrogens is 347 g/mol. The lowest BCUT2D eigenvalue weighted by molar-refractivity contribution is -0.141. The minimum Gasteiger partial charge on any atom is -0.393 e. The molecule has 26 heavy (non-hydrogen) atoms. The summed E-state index contributed by atoms with van der Waals surface area (Å²) in [6.45, 7) is 3.75. The SMILES string of the molecule is C[C@@H](O)Cc1cn(CC2CCN(c3cccc(C(F)(F)F)n3)CC2)nn1. The zero-order valence-corrected chi connectivity index (χ0v) is 14.5. The first-order valence-corrected chi connectivity index (χ1v) is 8.67. The van der Waals surface area contributed by atoms with E-state index in [1.807, 2.05) is 11.1 Å². The van der Waals surface area contributed by atoms with Crippen molar-refractivity contribution in [1.82, 2.24) is 20.0 Å². The molecule has 9 heteroatoms. The number of aromatic nitrogens is 4. The van der Waals surface area contributed by atoms with Crippen molar-refractivity contribution >= 4 is 5.82 Å². The summed E-state index contributed by atoms with van der Waals surface area (Å²) in [5.41, 5.74) is -0.101. The van der Waals surface area contributed by atoms with Gasteiger partial charge in [-0.3, -0.25) is 4.68 Å². The Kier molecular flexibility index (Phi) is 5.45. The van der Waals surface area contributed by atoms with Gasteiger partial charge in [0.15, 0.2) is 0 Å². The van der Waals surface area contributed by atoms with E-state index < -0.39 is 18.0 Å². The third-order valence-corrected chi connectivity index (χ3v) is 4.50. The minimum atomic E-state index is -4.43. The molecule has 1 saturated heterocycles. The molecule has 2 aromatic heterocycles. The fourth-order valence-electron chi connectivity index (χ4n) is 3.19. The highest BCUT2D eigenvalue weighted by atomic mass is 19.4. The van der Waals surface area contributed by atoms with Crippen LogP contribution in [-0.2, 0) is 19.1 Å². The second-order valence-corrected chi connectivity index (χ2v) is 6.79. The first kappa shape index (κ1) is 18.6. The van der Waals surface area contributed by atoms with Crippen molar-refractivity contribution in [1.29, 1.82) is 0 Å². The number of piperidine rings is 1. The monoisotopic (exact) mass is 369 g/mol. The Labute approximate surface area is 149 Å². The predicted molar refractivity (Wildman–Crippen MR) is 89.6 cm³/mol. The van der Waals surface area contributed by atoms with Crippen LogP contribution in [0, 0.1) is 5.92 Å².